The minimum Gasteiger partial charge on any atom is -0.466 e. The second kappa shape index (κ2) is 11.4. The van der Waals surface area contributed by atoms with E-state index in [1.807, 2.05) is 13.1 Å². The molecule has 10 nitrogen and oxygen atoms in total. The van der Waals surface area contributed by atoms with Crippen LogP contribution in [0, 0.1) is 5.92 Å². The van der Waals surface area contributed by atoms with Gasteiger partial charge in [0.25, 0.3) is 0 Å². The van der Waals surface area contributed by atoms with Crippen molar-refractivity contribution in [3.05, 3.63) is 34.6 Å². The van der Waals surface area contributed by atoms with Gasteiger partial charge in [0.05, 0.1) is 55.9 Å². The Balaban J connectivity index is 2.83. The lowest BCUT2D eigenvalue weighted by molar-refractivity contribution is -0.140. The maximum atomic E-state index is 13.7. The SMILES string of the molecule is CCOC(=O)C1=C(CO[Si](C)(C)C(C)(C)C)N(C(=O)OC(C)(C)C)[C@H]2C(C(=O)OC)=C(C(=O)OC)C=C[C@@H]12. The second-order valence-corrected chi connectivity index (χ2v) is 16.4. The average Bonchev–Trinajstić information content (AvgIpc) is 3.13. The number of carbonyl (C=O) groups excluding carboxylic acids is 4. The van der Waals surface area contributed by atoms with E-state index in [1.165, 1.54) is 25.2 Å². The predicted molar refractivity (Wildman–Crippen MR) is 142 cm³/mol. The first-order valence-electron chi connectivity index (χ1n) is 12.6. The maximum absolute atomic E-state index is 13.7. The van der Waals surface area contributed by atoms with Gasteiger partial charge >= 0.3 is 24.0 Å². The summed E-state index contributed by atoms with van der Waals surface area (Å²) in [7, 11) is -0.00117. The fourth-order valence-electron chi connectivity index (χ4n) is 4.01. The molecule has 0 N–H and O–H groups in total. The first-order valence-corrected chi connectivity index (χ1v) is 15.5. The number of esters is 3. The van der Waals surface area contributed by atoms with Crippen molar-refractivity contribution in [3.63, 3.8) is 0 Å². The summed E-state index contributed by atoms with van der Waals surface area (Å²) in [6.45, 7) is 17.1. The van der Waals surface area contributed by atoms with E-state index in [1.54, 1.807) is 33.8 Å². The van der Waals surface area contributed by atoms with Crippen LogP contribution in [-0.4, -0.2) is 76.3 Å². The van der Waals surface area contributed by atoms with E-state index in [2.05, 4.69) is 20.8 Å². The lowest BCUT2D eigenvalue weighted by Gasteiger charge is -2.38. The molecule has 0 aromatic carbocycles. The Kier molecular flexibility index (Phi) is 9.43. The zero-order valence-electron chi connectivity index (χ0n) is 24.3. The molecule has 1 heterocycles. The zero-order chi connectivity index (χ0) is 29.2. The van der Waals surface area contributed by atoms with Crippen molar-refractivity contribution in [3.8, 4) is 0 Å². The van der Waals surface area contributed by atoms with E-state index >= 15 is 0 Å². The number of fused-ring (bicyclic) bond motifs is 1. The third-order valence-electron chi connectivity index (χ3n) is 6.88. The highest BCUT2D eigenvalue weighted by Crippen LogP contribution is 2.45. The predicted octanol–water partition coefficient (Wildman–Crippen LogP) is 4.27. The molecule has 0 fully saturated rings. The van der Waals surface area contributed by atoms with Gasteiger partial charge in [-0.1, -0.05) is 32.9 Å². The maximum Gasteiger partial charge on any atom is 0.415 e. The highest BCUT2D eigenvalue weighted by molar-refractivity contribution is 6.74. The Morgan fingerprint density at radius 2 is 1.50 bits per heavy atom. The van der Waals surface area contributed by atoms with Crippen LogP contribution in [0.3, 0.4) is 0 Å². The molecule has 1 amide bonds. The third kappa shape index (κ3) is 6.37. The summed E-state index contributed by atoms with van der Waals surface area (Å²) in [5.74, 6) is -3.10. The fraction of sp³-hybridized carbons (Fsp3) is 0.630. The highest BCUT2D eigenvalue weighted by Gasteiger charge is 2.53. The van der Waals surface area contributed by atoms with Crippen LogP contribution in [0.5, 0.6) is 0 Å². The molecule has 1 aliphatic carbocycles. The van der Waals surface area contributed by atoms with Crippen molar-refractivity contribution in [1.82, 2.24) is 4.90 Å². The van der Waals surface area contributed by atoms with Gasteiger partial charge in [-0.3, -0.25) is 4.90 Å². The topological polar surface area (TPSA) is 118 Å². The number of amides is 1. The molecule has 0 aromatic heterocycles. The van der Waals surface area contributed by atoms with Crippen LogP contribution in [-0.2, 0) is 37.8 Å². The zero-order valence-corrected chi connectivity index (χ0v) is 25.3. The lowest BCUT2D eigenvalue weighted by Crippen LogP contribution is -2.47. The van der Waals surface area contributed by atoms with Crippen molar-refractivity contribution in [2.75, 3.05) is 27.4 Å². The van der Waals surface area contributed by atoms with Crippen LogP contribution < -0.4 is 0 Å². The van der Waals surface area contributed by atoms with Crippen molar-refractivity contribution >= 4 is 32.3 Å². The van der Waals surface area contributed by atoms with Crippen LogP contribution >= 0.6 is 0 Å². The normalized spacial score (nSPS) is 19.8. The molecule has 11 heteroatoms. The molecule has 0 unspecified atom stereocenters. The van der Waals surface area contributed by atoms with Crippen LogP contribution in [0.15, 0.2) is 34.6 Å². The lowest BCUT2D eigenvalue weighted by atomic mass is 9.82. The molecule has 1 aliphatic heterocycles. The van der Waals surface area contributed by atoms with Crippen LogP contribution in [0.4, 0.5) is 4.79 Å². The van der Waals surface area contributed by atoms with Gasteiger partial charge in [0, 0.05) is 5.92 Å². The molecule has 0 saturated carbocycles. The van der Waals surface area contributed by atoms with Crippen molar-refractivity contribution in [1.29, 1.82) is 0 Å². The van der Waals surface area contributed by atoms with E-state index in [0.717, 1.165) is 0 Å². The Morgan fingerprint density at radius 1 is 0.921 bits per heavy atom. The monoisotopic (exact) mass is 551 g/mol. The van der Waals surface area contributed by atoms with Gasteiger partial charge in [-0.25, -0.2) is 19.2 Å². The number of hydrogen-bond acceptors (Lipinski definition) is 9. The first-order chi connectivity index (χ1) is 17.4. The average molecular weight is 552 g/mol. The number of nitrogens with zero attached hydrogens (tertiary/aromatic N) is 1. The highest BCUT2D eigenvalue weighted by atomic mass is 28.4. The largest absolute Gasteiger partial charge is 0.466 e. The van der Waals surface area contributed by atoms with Gasteiger partial charge in [0.1, 0.15) is 5.60 Å². The summed E-state index contributed by atoms with van der Waals surface area (Å²) >= 11 is 0. The van der Waals surface area contributed by atoms with Crippen LogP contribution in [0.1, 0.15) is 48.5 Å². The molecule has 0 radical (unpaired) electrons. The molecule has 0 spiro atoms. The second-order valence-electron chi connectivity index (χ2n) is 11.6. The summed E-state index contributed by atoms with van der Waals surface area (Å²) in [5.41, 5.74) is -0.724. The van der Waals surface area contributed by atoms with Gasteiger partial charge in [0.2, 0.25) is 0 Å². The van der Waals surface area contributed by atoms with Crippen molar-refractivity contribution in [2.24, 2.45) is 5.92 Å². The van der Waals surface area contributed by atoms with E-state index < -0.39 is 49.9 Å². The summed E-state index contributed by atoms with van der Waals surface area (Å²) < 4.78 is 27.4. The van der Waals surface area contributed by atoms with Crippen molar-refractivity contribution < 1.29 is 42.6 Å². The van der Waals surface area contributed by atoms with Crippen molar-refractivity contribution in [2.45, 2.75) is 78.2 Å². The minimum atomic E-state index is -2.36. The van der Waals surface area contributed by atoms with Gasteiger partial charge in [-0.2, -0.15) is 0 Å². The van der Waals surface area contributed by atoms with Gasteiger partial charge in [-0.05, 0) is 45.8 Å². The van der Waals surface area contributed by atoms with Gasteiger partial charge < -0.3 is 23.4 Å². The van der Waals surface area contributed by atoms with Gasteiger partial charge in [0.15, 0.2) is 8.32 Å². The Hall–Kier alpha value is -2.92. The van der Waals surface area contributed by atoms with Gasteiger partial charge in [-0.15, -0.1) is 0 Å². The Morgan fingerprint density at radius 3 is 1.97 bits per heavy atom. The molecule has 0 saturated heterocycles. The molecule has 212 valence electrons. The molecule has 0 bridgehead atoms. The molecule has 2 aliphatic rings. The Bertz CT molecular complexity index is 1070. The number of carbonyl (C=O) groups is 4. The van der Waals surface area contributed by atoms with E-state index in [4.69, 9.17) is 23.4 Å². The summed E-state index contributed by atoms with van der Waals surface area (Å²) in [5, 5.41) is -0.158. The minimum absolute atomic E-state index is 0.0797. The Labute approximate surface area is 226 Å². The molecule has 2 atom stereocenters. The number of ether oxygens (including phenoxy) is 4. The summed E-state index contributed by atoms with van der Waals surface area (Å²) in [6.07, 6.45) is 2.19. The van der Waals surface area contributed by atoms with E-state index in [9.17, 15) is 19.2 Å². The fourth-order valence-corrected chi connectivity index (χ4v) is 4.94. The number of methoxy groups -OCH3 is 2. The molecular formula is C27H41NO9Si. The first kappa shape index (κ1) is 31.3. The molecule has 38 heavy (non-hydrogen) atoms. The molecule has 2 rings (SSSR count). The summed E-state index contributed by atoms with van der Waals surface area (Å²) in [6, 6.07) is -1.12. The third-order valence-corrected chi connectivity index (χ3v) is 11.4. The number of rotatable bonds is 7. The molecular weight excluding hydrogens is 510 g/mol. The van der Waals surface area contributed by atoms with Crippen LogP contribution in [0.25, 0.3) is 0 Å². The van der Waals surface area contributed by atoms with E-state index in [-0.39, 0.29) is 40.7 Å². The van der Waals surface area contributed by atoms with E-state index in [0.29, 0.717) is 0 Å². The summed E-state index contributed by atoms with van der Waals surface area (Å²) in [4.78, 5) is 54.1. The number of hydrogen-bond donors (Lipinski definition) is 0. The standard InChI is InChI=1S/C27H41NO9Si/c1-12-35-24(31)19-16-13-14-17(22(29)33-8)20(23(30)34-9)21(16)28(25(32)37-26(2,3)4)18(19)15-36-38(10,11)27(5,6)7/h13-14,16,21H,12,15H2,1-11H3/t16-,21+/m0/s1. The van der Waals surface area contributed by atoms with Crippen LogP contribution in [0.2, 0.25) is 18.1 Å². The smallest absolute Gasteiger partial charge is 0.415 e. The quantitative estimate of drug-likeness (QED) is 0.260. The molecule has 0 aromatic rings.